The topological polar surface area (TPSA) is 63.4 Å². The minimum absolute atomic E-state index is 0.367. The highest BCUT2D eigenvalue weighted by molar-refractivity contribution is 7.92. The third-order valence-electron chi connectivity index (χ3n) is 7.17. The minimum Gasteiger partial charge on any atom is -0.328 e. The Balaban J connectivity index is 1.28. The molecule has 29 heavy (non-hydrogen) atoms. The zero-order chi connectivity index (χ0) is 20.0. The Kier molecular flexibility index (Phi) is 4.91. The lowest BCUT2D eigenvalue weighted by Gasteiger charge is -2.26. The van der Waals surface area contributed by atoms with Crippen molar-refractivity contribution in [3.63, 3.8) is 0 Å². The van der Waals surface area contributed by atoms with E-state index in [1.54, 1.807) is 28.6 Å². The number of benzene rings is 2. The van der Waals surface area contributed by atoms with E-state index >= 15 is 0 Å². The van der Waals surface area contributed by atoms with Crippen LogP contribution in [0.3, 0.4) is 0 Å². The van der Waals surface area contributed by atoms with Gasteiger partial charge in [-0.15, -0.1) is 0 Å². The molecule has 3 aliphatic rings. The molecule has 2 N–H and O–H groups in total. The Morgan fingerprint density at radius 1 is 1.00 bits per heavy atom. The molecule has 4 nitrogen and oxygen atoms in total. The lowest BCUT2D eigenvalue weighted by molar-refractivity contribution is 0.298. The summed E-state index contributed by atoms with van der Waals surface area (Å²) in [5.74, 6) is 2.32. The number of nitrogens with two attached hydrogens (primary N) is 1. The monoisotopic (exact) mass is 410 g/mol. The summed E-state index contributed by atoms with van der Waals surface area (Å²) in [7, 11) is -3.48. The summed E-state index contributed by atoms with van der Waals surface area (Å²) in [4.78, 5) is 0.367. The van der Waals surface area contributed by atoms with Gasteiger partial charge >= 0.3 is 0 Å². The van der Waals surface area contributed by atoms with E-state index in [-0.39, 0.29) is 0 Å². The number of hydrogen-bond donors (Lipinski definition) is 1. The predicted octanol–water partition coefficient (Wildman–Crippen LogP) is 4.45. The molecule has 5 heteroatoms. The van der Waals surface area contributed by atoms with Crippen molar-refractivity contribution < 1.29 is 8.42 Å². The lowest BCUT2D eigenvalue weighted by Crippen LogP contribution is -2.29. The van der Waals surface area contributed by atoms with E-state index in [4.69, 9.17) is 5.73 Å². The SMILES string of the molecule is NC1CCC(CC2CC2c2ccc3c(c2)CCN3S(=O)(=O)c2ccccc2)CC1. The van der Waals surface area contributed by atoms with Crippen LogP contribution < -0.4 is 10.0 Å². The molecule has 0 radical (unpaired) electrons. The zero-order valence-corrected chi connectivity index (χ0v) is 17.7. The van der Waals surface area contributed by atoms with Gasteiger partial charge < -0.3 is 5.73 Å². The fraction of sp³-hybridized carbons (Fsp3) is 0.500. The first-order valence-electron chi connectivity index (χ1n) is 11.0. The zero-order valence-electron chi connectivity index (χ0n) is 16.8. The van der Waals surface area contributed by atoms with Crippen molar-refractivity contribution in [1.82, 2.24) is 0 Å². The molecule has 1 heterocycles. The van der Waals surface area contributed by atoms with Crippen LogP contribution in [0.5, 0.6) is 0 Å². The summed E-state index contributed by atoms with van der Waals surface area (Å²) in [6, 6.07) is 15.7. The van der Waals surface area contributed by atoms with Gasteiger partial charge in [-0.05, 0) is 92.0 Å². The van der Waals surface area contributed by atoms with Gasteiger partial charge in [0.25, 0.3) is 10.0 Å². The van der Waals surface area contributed by atoms with Gasteiger partial charge in [-0.25, -0.2) is 8.42 Å². The summed E-state index contributed by atoms with van der Waals surface area (Å²) in [6.07, 6.45) is 8.38. The smallest absolute Gasteiger partial charge is 0.264 e. The van der Waals surface area contributed by atoms with Gasteiger partial charge in [0, 0.05) is 12.6 Å². The number of sulfonamides is 1. The Labute approximate surface area is 174 Å². The molecule has 5 rings (SSSR count). The van der Waals surface area contributed by atoms with Crippen LogP contribution in [0.2, 0.25) is 0 Å². The van der Waals surface area contributed by atoms with Crippen LogP contribution >= 0.6 is 0 Å². The molecular formula is C24H30N2O2S. The second-order valence-electron chi connectivity index (χ2n) is 9.15. The predicted molar refractivity (Wildman–Crippen MR) is 117 cm³/mol. The molecule has 0 spiro atoms. The standard InChI is InChI=1S/C24H30N2O2S/c25-21-9-6-17(7-10-21)14-20-16-23(20)18-8-11-24-19(15-18)12-13-26(24)29(27,28)22-4-2-1-3-5-22/h1-5,8,11,15,17,20-21,23H,6-7,9-10,12-14,16,25H2. The summed E-state index contributed by atoms with van der Waals surface area (Å²) in [5, 5.41) is 0. The van der Waals surface area contributed by atoms with Crippen molar-refractivity contribution in [2.45, 2.75) is 61.8 Å². The molecule has 2 fully saturated rings. The molecule has 1 aliphatic heterocycles. The van der Waals surface area contributed by atoms with Crippen LogP contribution in [-0.4, -0.2) is 21.0 Å². The summed E-state index contributed by atoms with van der Waals surface area (Å²) >= 11 is 0. The number of anilines is 1. The second-order valence-corrected chi connectivity index (χ2v) is 11.0. The van der Waals surface area contributed by atoms with Crippen LogP contribution in [0.4, 0.5) is 5.69 Å². The first kappa shape index (κ1) is 19.1. The maximum atomic E-state index is 13.0. The van der Waals surface area contributed by atoms with Gasteiger partial charge in [0.2, 0.25) is 0 Å². The summed E-state index contributed by atoms with van der Waals surface area (Å²) < 4.78 is 27.7. The van der Waals surface area contributed by atoms with Crippen molar-refractivity contribution in [3.05, 3.63) is 59.7 Å². The fourth-order valence-corrected chi connectivity index (χ4v) is 6.88. The van der Waals surface area contributed by atoms with Crippen molar-refractivity contribution in [1.29, 1.82) is 0 Å². The van der Waals surface area contributed by atoms with E-state index in [1.165, 1.54) is 49.7 Å². The first-order valence-corrected chi connectivity index (χ1v) is 12.4. The van der Waals surface area contributed by atoms with Crippen LogP contribution in [0.1, 0.15) is 55.6 Å². The van der Waals surface area contributed by atoms with Crippen LogP contribution in [0.25, 0.3) is 0 Å². The average Bonchev–Trinajstić information content (AvgIpc) is 3.36. The second kappa shape index (κ2) is 7.44. The number of rotatable bonds is 5. The molecule has 2 saturated carbocycles. The Hall–Kier alpha value is -1.85. The Morgan fingerprint density at radius 2 is 1.76 bits per heavy atom. The van der Waals surface area contributed by atoms with E-state index in [0.29, 0.717) is 23.4 Å². The molecule has 2 unspecified atom stereocenters. The van der Waals surface area contributed by atoms with Gasteiger partial charge in [0.15, 0.2) is 0 Å². The fourth-order valence-electron chi connectivity index (χ4n) is 5.36. The van der Waals surface area contributed by atoms with E-state index in [2.05, 4.69) is 12.1 Å². The first-order chi connectivity index (χ1) is 14.0. The number of hydrogen-bond acceptors (Lipinski definition) is 3. The quantitative estimate of drug-likeness (QED) is 0.792. The van der Waals surface area contributed by atoms with Gasteiger partial charge in [-0.1, -0.05) is 30.3 Å². The number of nitrogens with zero attached hydrogens (tertiary/aromatic N) is 1. The van der Waals surface area contributed by atoms with Crippen LogP contribution in [0.15, 0.2) is 53.4 Å². The van der Waals surface area contributed by atoms with Crippen molar-refractivity contribution in [2.75, 3.05) is 10.8 Å². The van der Waals surface area contributed by atoms with E-state index in [0.717, 1.165) is 23.9 Å². The number of fused-ring (bicyclic) bond motifs is 1. The largest absolute Gasteiger partial charge is 0.328 e. The van der Waals surface area contributed by atoms with Gasteiger partial charge in [0.1, 0.15) is 0 Å². The lowest BCUT2D eigenvalue weighted by atomic mass is 9.83. The summed E-state index contributed by atoms with van der Waals surface area (Å²) in [5.41, 5.74) is 9.48. The molecule has 154 valence electrons. The molecule has 2 aromatic rings. The van der Waals surface area contributed by atoms with Crippen molar-refractivity contribution in [2.24, 2.45) is 17.6 Å². The molecule has 2 atom stereocenters. The van der Waals surface area contributed by atoms with Crippen molar-refractivity contribution in [3.8, 4) is 0 Å². The highest BCUT2D eigenvalue weighted by Crippen LogP contribution is 2.53. The normalized spacial score (nSPS) is 28.9. The van der Waals surface area contributed by atoms with E-state index in [9.17, 15) is 8.42 Å². The van der Waals surface area contributed by atoms with Gasteiger partial charge in [-0.2, -0.15) is 0 Å². The molecule has 2 aliphatic carbocycles. The molecule has 0 aromatic heterocycles. The highest BCUT2D eigenvalue weighted by Gasteiger charge is 2.41. The van der Waals surface area contributed by atoms with Gasteiger partial charge in [-0.3, -0.25) is 4.31 Å². The van der Waals surface area contributed by atoms with Crippen LogP contribution in [-0.2, 0) is 16.4 Å². The highest BCUT2D eigenvalue weighted by atomic mass is 32.2. The molecular weight excluding hydrogens is 380 g/mol. The molecule has 0 saturated heterocycles. The Bertz CT molecular complexity index is 981. The Morgan fingerprint density at radius 3 is 2.52 bits per heavy atom. The third-order valence-corrected chi connectivity index (χ3v) is 8.99. The van der Waals surface area contributed by atoms with Crippen molar-refractivity contribution >= 4 is 15.7 Å². The van der Waals surface area contributed by atoms with E-state index < -0.39 is 10.0 Å². The maximum absolute atomic E-state index is 13.0. The molecule has 0 amide bonds. The average molecular weight is 411 g/mol. The summed E-state index contributed by atoms with van der Waals surface area (Å²) in [6.45, 7) is 0.534. The minimum atomic E-state index is -3.48. The van der Waals surface area contributed by atoms with Gasteiger partial charge in [0.05, 0.1) is 10.6 Å². The van der Waals surface area contributed by atoms with Crippen LogP contribution in [0, 0.1) is 11.8 Å². The molecule has 2 aromatic carbocycles. The third kappa shape index (κ3) is 3.71. The van der Waals surface area contributed by atoms with E-state index in [1.807, 2.05) is 12.1 Å². The molecule has 0 bridgehead atoms. The maximum Gasteiger partial charge on any atom is 0.264 e.